The van der Waals surface area contributed by atoms with E-state index in [0.717, 1.165) is 52.8 Å². The molecule has 0 radical (unpaired) electrons. The predicted octanol–water partition coefficient (Wildman–Crippen LogP) is 5.40. The van der Waals surface area contributed by atoms with Gasteiger partial charge in [-0.3, -0.25) is 9.97 Å². The van der Waals surface area contributed by atoms with Gasteiger partial charge in [0.05, 0.1) is 22.1 Å². The van der Waals surface area contributed by atoms with Crippen LogP contribution in [0.15, 0.2) is 57.7 Å². The molecule has 0 N–H and O–H groups in total. The Bertz CT molecular complexity index is 1180. The van der Waals surface area contributed by atoms with Crippen LogP contribution in [0.2, 0.25) is 0 Å². The zero-order valence-electron chi connectivity index (χ0n) is 12.2. The molecule has 6 heteroatoms. The molecular weight excluding hydrogens is 432 g/mol. The van der Waals surface area contributed by atoms with Gasteiger partial charge in [-0.2, -0.15) is 0 Å². The number of benzene rings is 2. The number of nitrogens with zero attached hydrogens (tertiary/aromatic N) is 4. The third kappa shape index (κ3) is 1.90. The first-order chi connectivity index (χ1) is 11.7. The van der Waals surface area contributed by atoms with E-state index < -0.39 is 0 Å². The largest absolute Gasteiger partial charge is 0.254 e. The van der Waals surface area contributed by atoms with Crippen LogP contribution < -0.4 is 0 Å². The fourth-order valence-electron chi connectivity index (χ4n) is 3.02. The molecule has 0 aliphatic heterocycles. The van der Waals surface area contributed by atoms with Crippen LogP contribution in [0, 0.1) is 0 Å². The molecule has 0 unspecified atom stereocenters. The van der Waals surface area contributed by atoms with Crippen LogP contribution in [0.5, 0.6) is 0 Å². The van der Waals surface area contributed by atoms with Gasteiger partial charge in [0.2, 0.25) is 0 Å². The van der Waals surface area contributed by atoms with Gasteiger partial charge in [-0.1, -0.05) is 0 Å². The Hall–Kier alpha value is -2.18. The summed E-state index contributed by atoms with van der Waals surface area (Å²) >= 11 is 7.16. The number of halogens is 2. The number of rotatable bonds is 0. The predicted molar refractivity (Wildman–Crippen MR) is 103 cm³/mol. The maximum absolute atomic E-state index is 4.91. The molecule has 2 aromatic carbocycles. The monoisotopic (exact) mass is 438 g/mol. The quantitative estimate of drug-likeness (QED) is 0.239. The van der Waals surface area contributed by atoms with Crippen LogP contribution in [0.3, 0.4) is 0 Å². The molecule has 0 fully saturated rings. The molecule has 0 atom stereocenters. The van der Waals surface area contributed by atoms with Crippen LogP contribution in [-0.4, -0.2) is 19.9 Å². The zero-order valence-corrected chi connectivity index (χ0v) is 15.3. The van der Waals surface area contributed by atoms with Crippen molar-refractivity contribution in [2.24, 2.45) is 0 Å². The van der Waals surface area contributed by atoms with E-state index in [0.29, 0.717) is 0 Å². The van der Waals surface area contributed by atoms with Crippen LogP contribution in [0.4, 0.5) is 0 Å². The molecule has 114 valence electrons. The summed E-state index contributed by atoms with van der Waals surface area (Å²) in [4.78, 5) is 18.9. The molecule has 24 heavy (non-hydrogen) atoms. The van der Waals surface area contributed by atoms with E-state index in [1.807, 2.05) is 36.4 Å². The maximum Gasteiger partial charge on any atom is 0.105 e. The summed E-state index contributed by atoms with van der Waals surface area (Å²) in [5.41, 5.74) is 5.02. The van der Waals surface area contributed by atoms with Crippen molar-refractivity contribution in [1.82, 2.24) is 19.9 Å². The van der Waals surface area contributed by atoms with Gasteiger partial charge >= 0.3 is 0 Å². The first kappa shape index (κ1) is 14.2. The van der Waals surface area contributed by atoms with E-state index in [4.69, 9.17) is 9.97 Å². The fourth-order valence-corrected chi connectivity index (χ4v) is 3.84. The molecule has 0 spiro atoms. The van der Waals surface area contributed by atoms with E-state index >= 15 is 0 Å². The Balaban J connectivity index is 2.17. The van der Waals surface area contributed by atoms with Crippen molar-refractivity contribution in [2.45, 2.75) is 0 Å². The van der Waals surface area contributed by atoms with Gasteiger partial charge in [0.25, 0.3) is 0 Å². The van der Waals surface area contributed by atoms with Gasteiger partial charge < -0.3 is 0 Å². The second-order valence-electron chi connectivity index (χ2n) is 5.45. The molecule has 0 aliphatic rings. The van der Waals surface area contributed by atoms with E-state index in [2.05, 4.69) is 41.8 Å². The topological polar surface area (TPSA) is 51.6 Å². The average Bonchev–Trinajstić information content (AvgIpc) is 2.64. The molecular formula is C18H8Br2N4. The second-order valence-corrected chi connectivity index (χ2v) is 7.16. The first-order valence-electron chi connectivity index (χ1n) is 7.31. The average molecular weight is 440 g/mol. The second kappa shape index (κ2) is 5.16. The van der Waals surface area contributed by atoms with Crippen molar-refractivity contribution in [2.75, 3.05) is 0 Å². The lowest BCUT2D eigenvalue weighted by atomic mass is 10.1. The lowest BCUT2D eigenvalue weighted by Crippen LogP contribution is -1.94. The lowest BCUT2D eigenvalue weighted by molar-refractivity contribution is 1.35. The summed E-state index contributed by atoms with van der Waals surface area (Å²) in [6.07, 6.45) is 3.56. The van der Waals surface area contributed by atoms with Crippen molar-refractivity contribution < 1.29 is 0 Å². The lowest BCUT2D eigenvalue weighted by Gasteiger charge is -2.10. The highest BCUT2D eigenvalue weighted by molar-refractivity contribution is 9.11. The van der Waals surface area contributed by atoms with E-state index in [9.17, 15) is 0 Å². The molecule has 0 bridgehead atoms. The smallest absolute Gasteiger partial charge is 0.105 e. The van der Waals surface area contributed by atoms with Gasteiger partial charge in [-0.25, -0.2) is 9.97 Å². The van der Waals surface area contributed by atoms with Gasteiger partial charge in [-0.15, -0.1) is 0 Å². The molecule has 4 nitrogen and oxygen atoms in total. The summed E-state index contributed by atoms with van der Waals surface area (Å²) in [7, 11) is 0. The summed E-state index contributed by atoms with van der Waals surface area (Å²) < 4.78 is 1.83. The van der Waals surface area contributed by atoms with Crippen LogP contribution in [0.25, 0.3) is 43.9 Å². The third-order valence-electron chi connectivity index (χ3n) is 4.07. The highest BCUT2D eigenvalue weighted by Crippen LogP contribution is 2.35. The molecule has 3 aromatic heterocycles. The SMILES string of the molecule is Brc1ccc(Br)c2nc3c4cccnc4c4ncccc4c3nc12. The molecule has 5 rings (SSSR count). The normalized spacial score (nSPS) is 11.8. The maximum atomic E-state index is 4.91. The highest BCUT2D eigenvalue weighted by Gasteiger charge is 2.15. The number of hydrogen-bond donors (Lipinski definition) is 0. The highest BCUT2D eigenvalue weighted by atomic mass is 79.9. The Morgan fingerprint density at radius 2 is 1.00 bits per heavy atom. The van der Waals surface area contributed by atoms with Crippen molar-refractivity contribution >= 4 is 75.7 Å². The Labute approximate surface area is 153 Å². The minimum absolute atomic E-state index is 0.824. The van der Waals surface area contributed by atoms with Crippen LogP contribution in [0.1, 0.15) is 0 Å². The van der Waals surface area contributed by atoms with Gasteiger partial charge in [0.1, 0.15) is 11.0 Å². The molecule has 0 aliphatic carbocycles. The number of pyridine rings is 2. The van der Waals surface area contributed by atoms with Crippen molar-refractivity contribution in [1.29, 1.82) is 0 Å². The minimum atomic E-state index is 0.824. The fraction of sp³-hybridized carbons (Fsp3) is 0. The van der Waals surface area contributed by atoms with Crippen molar-refractivity contribution in [3.8, 4) is 0 Å². The molecule has 3 heterocycles. The Kier molecular flexibility index (Phi) is 3.05. The minimum Gasteiger partial charge on any atom is -0.254 e. The Morgan fingerprint density at radius 1 is 0.542 bits per heavy atom. The zero-order chi connectivity index (χ0) is 16.3. The number of fused-ring (bicyclic) bond motifs is 7. The summed E-state index contributed by atoms with van der Waals surface area (Å²) in [6.45, 7) is 0. The number of hydrogen-bond acceptors (Lipinski definition) is 4. The van der Waals surface area contributed by atoms with Gasteiger partial charge in [-0.05, 0) is 68.3 Å². The molecule has 0 saturated carbocycles. The van der Waals surface area contributed by atoms with Crippen LogP contribution >= 0.6 is 31.9 Å². The van der Waals surface area contributed by atoms with Crippen molar-refractivity contribution in [3.63, 3.8) is 0 Å². The van der Waals surface area contributed by atoms with E-state index in [1.54, 1.807) is 12.4 Å². The molecule has 0 saturated heterocycles. The van der Waals surface area contributed by atoms with E-state index in [1.165, 1.54) is 0 Å². The van der Waals surface area contributed by atoms with Gasteiger partial charge in [0.15, 0.2) is 0 Å². The third-order valence-corrected chi connectivity index (χ3v) is 5.35. The first-order valence-corrected chi connectivity index (χ1v) is 8.89. The van der Waals surface area contributed by atoms with Crippen LogP contribution in [-0.2, 0) is 0 Å². The summed E-state index contributed by atoms with van der Waals surface area (Å²) in [5, 5.41) is 1.92. The molecule has 5 aromatic rings. The number of aromatic nitrogens is 4. The Morgan fingerprint density at radius 3 is 1.46 bits per heavy atom. The van der Waals surface area contributed by atoms with E-state index in [-0.39, 0.29) is 0 Å². The van der Waals surface area contributed by atoms with Gasteiger partial charge in [0, 0.05) is 32.1 Å². The van der Waals surface area contributed by atoms with Crippen molar-refractivity contribution in [3.05, 3.63) is 57.7 Å². The standard InChI is InChI=1S/C18H8Br2N4/c19-11-5-6-12(20)18-17(11)23-15-9-3-1-7-21-13(9)14-10(16(15)24-18)4-2-8-22-14/h1-8H. The molecule has 0 amide bonds. The summed E-state index contributed by atoms with van der Waals surface area (Å²) in [6, 6.07) is 11.8. The summed E-state index contributed by atoms with van der Waals surface area (Å²) in [5.74, 6) is 0.